The number of carbonyl (C=O) groups excluding carboxylic acids is 1. The molecule has 6 heteroatoms. The maximum atomic E-state index is 11.9. The number of hydrogen-bond donors (Lipinski definition) is 3. The fourth-order valence-corrected chi connectivity index (χ4v) is 2.68. The lowest BCUT2D eigenvalue weighted by atomic mass is 9.90. The van der Waals surface area contributed by atoms with E-state index in [1.54, 1.807) is 0 Å². The van der Waals surface area contributed by atoms with E-state index in [4.69, 9.17) is 9.84 Å². The third-order valence-corrected chi connectivity index (χ3v) is 3.80. The highest BCUT2D eigenvalue weighted by Crippen LogP contribution is 2.18. The number of nitrogens with one attached hydrogen (secondary N) is 2. The van der Waals surface area contributed by atoms with Crippen LogP contribution in [0.2, 0.25) is 0 Å². The molecule has 0 radical (unpaired) electrons. The average Bonchev–Trinajstić information content (AvgIpc) is 2.53. The van der Waals surface area contributed by atoms with Crippen LogP contribution in [-0.4, -0.2) is 35.8 Å². The number of amides is 1. The molecule has 22 heavy (non-hydrogen) atoms. The summed E-state index contributed by atoms with van der Waals surface area (Å²) in [5.74, 6) is -0.893. The second kappa shape index (κ2) is 8.38. The Hall–Kier alpha value is -2.08. The van der Waals surface area contributed by atoms with Gasteiger partial charge in [0.2, 0.25) is 0 Å². The van der Waals surface area contributed by atoms with Crippen LogP contribution >= 0.6 is 0 Å². The SMILES string of the molecule is O=C(O)CN[C@@H]1CCCC[C@H]1NC(=O)OCc1ccccc1. The van der Waals surface area contributed by atoms with Gasteiger partial charge in [0.25, 0.3) is 0 Å². The Labute approximate surface area is 129 Å². The Bertz CT molecular complexity index is 492. The minimum atomic E-state index is -0.893. The number of carbonyl (C=O) groups is 2. The molecule has 0 unspecified atom stereocenters. The highest BCUT2D eigenvalue weighted by Gasteiger charge is 2.27. The first-order chi connectivity index (χ1) is 10.6. The van der Waals surface area contributed by atoms with Crippen molar-refractivity contribution in [2.45, 2.75) is 44.4 Å². The van der Waals surface area contributed by atoms with Crippen molar-refractivity contribution in [1.29, 1.82) is 0 Å². The molecule has 2 atom stereocenters. The number of carboxylic acids is 1. The number of alkyl carbamates (subject to hydrolysis) is 1. The first kappa shape index (κ1) is 16.3. The molecule has 120 valence electrons. The molecule has 0 saturated heterocycles. The monoisotopic (exact) mass is 306 g/mol. The van der Waals surface area contributed by atoms with Gasteiger partial charge in [-0.2, -0.15) is 0 Å². The fraction of sp³-hybridized carbons (Fsp3) is 0.500. The number of carboxylic acid groups (broad SMARTS) is 1. The lowest BCUT2D eigenvalue weighted by molar-refractivity contribution is -0.136. The average molecular weight is 306 g/mol. The number of ether oxygens (including phenoxy) is 1. The molecule has 1 aromatic carbocycles. The van der Waals surface area contributed by atoms with Gasteiger partial charge in [-0.1, -0.05) is 43.2 Å². The van der Waals surface area contributed by atoms with Crippen molar-refractivity contribution in [3.8, 4) is 0 Å². The summed E-state index contributed by atoms with van der Waals surface area (Å²) < 4.78 is 5.21. The Morgan fingerprint density at radius 2 is 1.82 bits per heavy atom. The highest BCUT2D eigenvalue weighted by atomic mass is 16.5. The predicted octanol–water partition coefficient (Wildman–Crippen LogP) is 1.90. The summed E-state index contributed by atoms with van der Waals surface area (Å²) in [5.41, 5.74) is 0.932. The van der Waals surface area contributed by atoms with E-state index >= 15 is 0 Å². The van der Waals surface area contributed by atoms with Crippen molar-refractivity contribution in [1.82, 2.24) is 10.6 Å². The summed E-state index contributed by atoms with van der Waals surface area (Å²) in [6, 6.07) is 9.37. The van der Waals surface area contributed by atoms with Crippen molar-refractivity contribution in [3.63, 3.8) is 0 Å². The Kier molecular flexibility index (Phi) is 6.21. The van der Waals surface area contributed by atoms with Gasteiger partial charge in [0, 0.05) is 12.1 Å². The molecule has 1 amide bonds. The summed E-state index contributed by atoms with van der Waals surface area (Å²) in [5, 5.41) is 14.6. The summed E-state index contributed by atoms with van der Waals surface area (Å²) in [7, 11) is 0. The standard InChI is InChI=1S/C16H22N2O4/c19-15(20)10-17-13-8-4-5-9-14(13)18-16(21)22-11-12-6-2-1-3-7-12/h1-3,6-7,13-14,17H,4-5,8-11H2,(H,18,21)(H,19,20)/t13-,14-/m1/s1. The molecule has 1 aliphatic carbocycles. The molecule has 0 aliphatic heterocycles. The largest absolute Gasteiger partial charge is 0.480 e. The Morgan fingerprint density at radius 1 is 1.14 bits per heavy atom. The highest BCUT2D eigenvalue weighted by molar-refractivity contribution is 5.69. The van der Waals surface area contributed by atoms with Gasteiger partial charge < -0.3 is 20.5 Å². The molecule has 3 N–H and O–H groups in total. The van der Waals surface area contributed by atoms with Crippen LogP contribution in [0.15, 0.2) is 30.3 Å². The number of benzene rings is 1. The van der Waals surface area contributed by atoms with Crippen molar-refractivity contribution in [2.75, 3.05) is 6.54 Å². The third-order valence-electron chi connectivity index (χ3n) is 3.80. The topological polar surface area (TPSA) is 87.7 Å². The molecule has 1 aromatic rings. The first-order valence-corrected chi connectivity index (χ1v) is 7.57. The van der Waals surface area contributed by atoms with Crippen LogP contribution in [0.1, 0.15) is 31.2 Å². The van der Waals surface area contributed by atoms with Crippen molar-refractivity contribution in [3.05, 3.63) is 35.9 Å². The Balaban J connectivity index is 1.79. The molecule has 0 bridgehead atoms. The zero-order chi connectivity index (χ0) is 15.8. The fourth-order valence-electron chi connectivity index (χ4n) is 2.68. The molecule has 0 aromatic heterocycles. The summed E-state index contributed by atoms with van der Waals surface area (Å²) in [6.45, 7) is 0.133. The van der Waals surface area contributed by atoms with Gasteiger partial charge in [0.1, 0.15) is 6.61 Å². The molecule has 1 fully saturated rings. The van der Waals surface area contributed by atoms with Crippen molar-refractivity contribution in [2.24, 2.45) is 0 Å². The van der Waals surface area contributed by atoms with E-state index in [1.807, 2.05) is 30.3 Å². The summed E-state index contributed by atoms with van der Waals surface area (Å²) >= 11 is 0. The zero-order valence-electron chi connectivity index (χ0n) is 12.5. The van der Waals surface area contributed by atoms with Crippen molar-refractivity contribution >= 4 is 12.1 Å². The lowest BCUT2D eigenvalue weighted by Crippen LogP contribution is -2.52. The van der Waals surface area contributed by atoms with Gasteiger partial charge in [-0.05, 0) is 18.4 Å². The van der Waals surface area contributed by atoms with Crippen LogP contribution in [-0.2, 0) is 16.1 Å². The second-order valence-electron chi connectivity index (χ2n) is 5.48. The van der Waals surface area contributed by atoms with Crippen LogP contribution in [0.5, 0.6) is 0 Å². The molecular weight excluding hydrogens is 284 g/mol. The van der Waals surface area contributed by atoms with Gasteiger partial charge in [-0.3, -0.25) is 4.79 Å². The Morgan fingerprint density at radius 3 is 2.50 bits per heavy atom. The normalized spacial score (nSPS) is 21.1. The minimum Gasteiger partial charge on any atom is -0.480 e. The summed E-state index contributed by atoms with van der Waals surface area (Å²) in [4.78, 5) is 22.5. The van der Waals surface area contributed by atoms with Crippen LogP contribution in [0.3, 0.4) is 0 Å². The van der Waals surface area contributed by atoms with Crippen LogP contribution < -0.4 is 10.6 Å². The van der Waals surface area contributed by atoms with E-state index in [2.05, 4.69) is 10.6 Å². The molecule has 1 saturated carbocycles. The van der Waals surface area contributed by atoms with Crippen LogP contribution in [0.25, 0.3) is 0 Å². The van der Waals surface area contributed by atoms with Gasteiger partial charge in [-0.15, -0.1) is 0 Å². The van der Waals surface area contributed by atoms with Gasteiger partial charge >= 0.3 is 12.1 Å². The first-order valence-electron chi connectivity index (χ1n) is 7.57. The van der Waals surface area contributed by atoms with E-state index in [0.29, 0.717) is 0 Å². The predicted molar refractivity (Wildman–Crippen MR) is 81.4 cm³/mol. The van der Waals surface area contributed by atoms with Gasteiger partial charge in [0.15, 0.2) is 0 Å². The molecule has 0 spiro atoms. The van der Waals surface area contributed by atoms with E-state index in [0.717, 1.165) is 31.2 Å². The van der Waals surface area contributed by atoms with Crippen LogP contribution in [0, 0.1) is 0 Å². The van der Waals surface area contributed by atoms with Gasteiger partial charge in [-0.25, -0.2) is 4.79 Å². The molecule has 2 rings (SSSR count). The zero-order valence-corrected chi connectivity index (χ0v) is 12.5. The third kappa shape index (κ3) is 5.37. The number of aliphatic carboxylic acids is 1. The second-order valence-corrected chi connectivity index (χ2v) is 5.48. The quantitative estimate of drug-likeness (QED) is 0.747. The maximum absolute atomic E-state index is 11.9. The smallest absolute Gasteiger partial charge is 0.407 e. The molecule has 0 heterocycles. The van der Waals surface area contributed by atoms with Crippen molar-refractivity contribution < 1.29 is 19.4 Å². The summed E-state index contributed by atoms with van der Waals surface area (Å²) in [6.07, 6.45) is 3.29. The molecule has 1 aliphatic rings. The molecule has 6 nitrogen and oxygen atoms in total. The molecular formula is C16H22N2O4. The van der Waals surface area contributed by atoms with Gasteiger partial charge in [0.05, 0.1) is 6.54 Å². The van der Waals surface area contributed by atoms with E-state index in [1.165, 1.54) is 0 Å². The van der Waals surface area contributed by atoms with E-state index in [-0.39, 0.29) is 25.2 Å². The number of hydrogen-bond acceptors (Lipinski definition) is 4. The van der Waals surface area contributed by atoms with E-state index in [9.17, 15) is 9.59 Å². The van der Waals surface area contributed by atoms with Crippen LogP contribution in [0.4, 0.5) is 4.79 Å². The minimum absolute atomic E-state index is 0.0193. The number of rotatable bonds is 6. The van der Waals surface area contributed by atoms with E-state index < -0.39 is 12.1 Å². The lowest BCUT2D eigenvalue weighted by Gasteiger charge is -2.32. The maximum Gasteiger partial charge on any atom is 0.407 e.